The Labute approximate surface area is 104 Å². The molecule has 96 valence electrons. The molecule has 1 aliphatic carbocycles. The van der Waals surface area contributed by atoms with Crippen molar-refractivity contribution in [2.24, 2.45) is 5.73 Å². The molecule has 0 bridgehead atoms. The maximum Gasteiger partial charge on any atom is 0.173 e. The number of hydrogen-bond acceptors (Lipinski definition) is 6. The molecule has 2 N–H and O–H groups in total. The van der Waals surface area contributed by atoms with Gasteiger partial charge in [-0.15, -0.1) is 10.2 Å². The molecule has 2 aromatic heterocycles. The molecule has 18 heavy (non-hydrogen) atoms. The highest BCUT2D eigenvalue weighted by molar-refractivity contribution is 5.00. The topological polar surface area (TPSA) is 100 Å². The van der Waals surface area contributed by atoms with Crippen LogP contribution in [0, 0.1) is 0 Å². The van der Waals surface area contributed by atoms with Crippen LogP contribution in [-0.4, -0.2) is 35.2 Å². The Kier molecular flexibility index (Phi) is 2.78. The molecule has 2 heterocycles. The molecular formula is C10H16N8. The average molecular weight is 248 g/mol. The van der Waals surface area contributed by atoms with Crippen molar-refractivity contribution in [1.82, 2.24) is 35.2 Å². The fourth-order valence-corrected chi connectivity index (χ4v) is 1.83. The van der Waals surface area contributed by atoms with Crippen molar-refractivity contribution < 1.29 is 0 Å². The number of aromatic nitrogens is 7. The fraction of sp³-hybridized carbons (Fsp3) is 0.700. The van der Waals surface area contributed by atoms with Crippen LogP contribution in [0.3, 0.4) is 0 Å². The molecule has 2 aromatic rings. The van der Waals surface area contributed by atoms with Crippen LogP contribution in [0.1, 0.15) is 49.8 Å². The van der Waals surface area contributed by atoms with E-state index in [1.54, 1.807) is 4.68 Å². The second kappa shape index (κ2) is 4.45. The van der Waals surface area contributed by atoms with Gasteiger partial charge < -0.3 is 5.73 Å². The molecule has 8 heteroatoms. The van der Waals surface area contributed by atoms with Gasteiger partial charge in [0.25, 0.3) is 0 Å². The zero-order valence-electron chi connectivity index (χ0n) is 10.3. The first kappa shape index (κ1) is 11.3. The molecule has 1 atom stereocenters. The van der Waals surface area contributed by atoms with Crippen LogP contribution in [0.2, 0.25) is 0 Å². The lowest BCUT2D eigenvalue weighted by molar-refractivity contribution is 0.543. The molecule has 0 aliphatic heterocycles. The lowest BCUT2D eigenvalue weighted by Gasteiger charge is -2.02. The molecule has 1 saturated carbocycles. The highest BCUT2D eigenvalue weighted by atomic mass is 15.6. The zero-order chi connectivity index (χ0) is 12.5. The van der Waals surface area contributed by atoms with Crippen molar-refractivity contribution in [3.63, 3.8) is 0 Å². The van der Waals surface area contributed by atoms with Crippen LogP contribution in [0.25, 0.3) is 0 Å². The van der Waals surface area contributed by atoms with Gasteiger partial charge in [0.2, 0.25) is 0 Å². The minimum atomic E-state index is -0.0572. The van der Waals surface area contributed by atoms with Crippen molar-refractivity contribution in [3.8, 4) is 0 Å². The van der Waals surface area contributed by atoms with Crippen LogP contribution in [0.15, 0.2) is 6.20 Å². The summed E-state index contributed by atoms with van der Waals surface area (Å²) in [7, 11) is 0. The summed E-state index contributed by atoms with van der Waals surface area (Å²) in [4.78, 5) is 0. The third kappa shape index (κ3) is 2.10. The minimum absolute atomic E-state index is 0.0572. The van der Waals surface area contributed by atoms with E-state index in [-0.39, 0.29) is 6.04 Å². The number of nitrogens with two attached hydrogens (primary N) is 1. The van der Waals surface area contributed by atoms with Crippen molar-refractivity contribution >= 4 is 0 Å². The quantitative estimate of drug-likeness (QED) is 0.802. The molecule has 1 unspecified atom stereocenters. The first-order chi connectivity index (χ1) is 8.78. The highest BCUT2D eigenvalue weighted by Crippen LogP contribution is 2.34. The average Bonchev–Trinajstić information content (AvgIpc) is 2.95. The normalized spacial score (nSPS) is 17.0. The summed E-state index contributed by atoms with van der Waals surface area (Å²) in [6, 6.07) is 0.411. The van der Waals surface area contributed by atoms with Gasteiger partial charge >= 0.3 is 0 Å². The summed E-state index contributed by atoms with van der Waals surface area (Å²) in [5, 5.41) is 19.9. The lowest BCUT2D eigenvalue weighted by Crippen LogP contribution is -2.10. The molecule has 8 nitrogen and oxygen atoms in total. The third-order valence-corrected chi connectivity index (χ3v) is 3.13. The van der Waals surface area contributed by atoms with E-state index in [1.165, 1.54) is 0 Å². The summed E-state index contributed by atoms with van der Waals surface area (Å²) in [5.74, 6) is 0.819. The van der Waals surface area contributed by atoms with E-state index < -0.39 is 0 Å². The van der Waals surface area contributed by atoms with Gasteiger partial charge in [0.1, 0.15) is 6.54 Å². The van der Waals surface area contributed by atoms with Crippen LogP contribution in [0.4, 0.5) is 0 Å². The smallest absolute Gasteiger partial charge is 0.173 e. The predicted molar refractivity (Wildman–Crippen MR) is 62.4 cm³/mol. The largest absolute Gasteiger partial charge is 0.323 e. The maximum absolute atomic E-state index is 5.91. The van der Waals surface area contributed by atoms with Crippen LogP contribution in [-0.2, 0) is 6.54 Å². The molecule has 1 fully saturated rings. The zero-order valence-corrected chi connectivity index (χ0v) is 10.3. The molecule has 0 spiro atoms. The van der Waals surface area contributed by atoms with Crippen molar-refractivity contribution in [1.29, 1.82) is 0 Å². The molecule has 1 aliphatic rings. The summed E-state index contributed by atoms with van der Waals surface area (Å²) >= 11 is 0. The third-order valence-electron chi connectivity index (χ3n) is 3.13. The summed E-state index contributed by atoms with van der Waals surface area (Å²) in [6.07, 6.45) is 5.02. The van der Waals surface area contributed by atoms with E-state index in [9.17, 15) is 0 Å². The summed E-state index contributed by atoms with van der Waals surface area (Å²) < 4.78 is 3.61. The predicted octanol–water partition coefficient (Wildman–Crippen LogP) is 0.0576. The molecule has 0 aromatic carbocycles. The number of rotatable bonds is 5. The Morgan fingerprint density at radius 1 is 1.39 bits per heavy atom. The van der Waals surface area contributed by atoms with E-state index in [0.717, 1.165) is 30.8 Å². The van der Waals surface area contributed by atoms with E-state index >= 15 is 0 Å². The van der Waals surface area contributed by atoms with Gasteiger partial charge in [-0.25, -0.2) is 9.36 Å². The van der Waals surface area contributed by atoms with Crippen LogP contribution < -0.4 is 5.73 Å². The first-order valence-electron chi connectivity index (χ1n) is 6.20. The van der Waals surface area contributed by atoms with Crippen molar-refractivity contribution in [2.45, 2.75) is 44.8 Å². The van der Waals surface area contributed by atoms with E-state index in [1.807, 2.05) is 17.8 Å². The Morgan fingerprint density at radius 3 is 2.94 bits per heavy atom. The fourth-order valence-electron chi connectivity index (χ4n) is 1.83. The standard InChI is InChI=1S/C10H16N8/c1-2-8(11)9-5-17(15-12-9)6-10-13-14-16-18(10)7-3-4-7/h5,7-8H,2-4,6,11H2,1H3. The molecule has 0 saturated heterocycles. The number of tetrazole rings is 1. The molecule has 0 radical (unpaired) electrons. The second-order valence-electron chi connectivity index (χ2n) is 4.63. The Balaban J connectivity index is 1.75. The first-order valence-corrected chi connectivity index (χ1v) is 6.20. The maximum atomic E-state index is 5.91. The van der Waals surface area contributed by atoms with E-state index in [4.69, 9.17) is 5.73 Å². The monoisotopic (exact) mass is 248 g/mol. The van der Waals surface area contributed by atoms with Gasteiger partial charge in [-0.1, -0.05) is 12.1 Å². The minimum Gasteiger partial charge on any atom is -0.323 e. The molecular weight excluding hydrogens is 232 g/mol. The van der Waals surface area contributed by atoms with E-state index in [2.05, 4.69) is 25.8 Å². The van der Waals surface area contributed by atoms with Crippen LogP contribution in [0.5, 0.6) is 0 Å². The van der Waals surface area contributed by atoms with Gasteiger partial charge in [0.15, 0.2) is 5.82 Å². The number of nitrogens with zero attached hydrogens (tertiary/aromatic N) is 7. The summed E-state index contributed by atoms with van der Waals surface area (Å²) in [5.41, 5.74) is 6.72. The Hall–Kier alpha value is -1.83. The highest BCUT2D eigenvalue weighted by Gasteiger charge is 2.27. The molecule has 3 rings (SSSR count). The van der Waals surface area contributed by atoms with Crippen LogP contribution >= 0.6 is 0 Å². The van der Waals surface area contributed by atoms with Gasteiger partial charge in [-0.3, -0.25) is 0 Å². The van der Waals surface area contributed by atoms with Gasteiger partial charge in [0, 0.05) is 0 Å². The van der Waals surface area contributed by atoms with E-state index in [0.29, 0.717) is 12.6 Å². The van der Waals surface area contributed by atoms with Crippen molar-refractivity contribution in [2.75, 3.05) is 0 Å². The number of hydrogen-bond donors (Lipinski definition) is 1. The summed E-state index contributed by atoms with van der Waals surface area (Å²) in [6.45, 7) is 2.56. The van der Waals surface area contributed by atoms with Gasteiger partial charge in [-0.05, 0) is 29.7 Å². The Bertz CT molecular complexity index is 525. The SMILES string of the molecule is CCC(N)c1cn(Cc2nnnn2C2CC2)nn1. The lowest BCUT2D eigenvalue weighted by atomic mass is 10.2. The molecule has 0 amide bonds. The Morgan fingerprint density at radius 2 is 2.22 bits per heavy atom. The van der Waals surface area contributed by atoms with Gasteiger partial charge in [-0.2, -0.15) is 0 Å². The van der Waals surface area contributed by atoms with Gasteiger partial charge in [0.05, 0.1) is 24.0 Å². The second-order valence-corrected chi connectivity index (χ2v) is 4.63. The van der Waals surface area contributed by atoms with Crippen molar-refractivity contribution in [3.05, 3.63) is 17.7 Å².